The molecule has 0 radical (unpaired) electrons. The fourth-order valence-corrected chi connectivity index (χ4v) is 4.78. The molecule has 2 aliphatic rings. The number of fused-ring (bicyclic) bond motifs is 1. The first-order chi connectivity index (χ1) is 16.1. The van der Waals surface area contributed by atoms with Crippen LogP contribution in [0.15, 0.2) is 42.5 Å². The third-order valence-electron chi connectivity index (χ3n) is 6.75. The van der Waals surface area contributed by atoms with Gasteiger partial charge in [0.1, 0.15) is 5.75 Å². The summed E-state index contributed by atoms with van der Waals surface area (Å²) >= 11 is 0. The van der Waals surface area contributed by atoms with Crippen molar-refractivity contribution in [1.82, 2.24) is 9.80 Å². The minimum absolute atomic E-state index is 0.0320. The Labute approximate surface area is 197 Å². The van der Waals surface area contributed by atoms with E-state index in [1.54, 1.807) is 7.11 Å². The number of urea groups is 1. The molecule has 4 rings (SSSR count). The number of benzene rings is 2. The van der Waals surface area contributed by atoms with Crippen molar-refractivity contribution in [2.24, 2.45) is 0 Å². The van der Waals surface area contributed by atoms with Gasteiger partial charge in [-0.2, -0.15) is 0 Å². The Balaban J connectivity index is 1.61. The molecular weight excluding hydrogens is 416 g/mol. The lowest BCUT2D eigenvalue weighted by Gasteiger charge is -2.32. The highest BCUT2D eigenvalue weighted by molar-refractivity contribution is 5.75. The molecule has 2 aliphatic heterocycles. The monoisotopic (exact) mass is 452 g/mol. The normalized spacial score (nSPS) is 19.1. The van der Waals surface area contributed by atoms with Gasteiger partial charge in [-0.05, 0) is 54.7 Å². The molecule has 2 atom stereocenters. The Morgan fingerprint density at radius 2 is 1.67 bits per heavy atom. The third-order valence-corrected chi connectivity index (χ3v) is 6.75. The standard InChI is InChI=1S/C27H36N2O4/c1-4-6-14-28(15-7-5-2)27(30)29-18-22(21-10-13-25-26(17-21)33-19-32-25)16-24(29)20-8-11-23(31-3)12-9-20/h8-13,17,22,24H,4-7,14-16,18-19H2,1-3H3/t22-,24+/m0/s1. The second-order valence-corrected chi connectivity index (χ2v) is 8.96. The number of hydrogen-bond acceptors (Lipinski definition) is 4. The second-order valence-electron chi connectivity index (χ2n) is 8.96. The van der Waals surface area contributed by atoms with Gasteiger partial charge in [-0.3, -0.25) is 0 Å². The lowest BCUT2D eigenvalue weighted by Crippen LogP contribution is -2.44. The molecule has 0 bridgehead atoms. The van der Waals surface area contributed by atoms with E-state index >= 15 is 0 Å². The van der Waals surface area contributed by atoms with E-state index in [-0.39, 0.29) is 24.8 Å². The molecule has 0 unspecified atom stereocenters. The molecule has 0 aromatic heterocycles. The van der Waals surface area contributed by atoms with Crippen LogP contribution in [0.3, 0.4) is 0 Å². The Kier molecular flexibility index (Phi) is 7.63. The third kappa shape index (κ3) is 5.21. The average Bonchev–Trinajstić information content (AvgIpc) is 3.51. The molecule has 2 aromatic rings. The van der Waals surface area contributed by atoms with Gasteiger partial charge in [-0.1, -0.05) is 44.9 Å². The molecule has 0 spiro atoms. The highest BCUT2D eigenvalue weighted by Crippen LogP contribution is 2.44. The SMILES string of the molecule is CCCCN(CCCC)C(=O)N1C[C@@H](c2ccc3c(c2)OCO3)C[C@@H]1c1ccc(OC)cc1. The molecule has 33 heavy (non-hydrogen) atoms. The number of hydrogen-bond donors (Lipinski definition) is 0. The number of nitrogens with zero attached hydrogens (tertiary/aromatic N) is 2. The van der Waals surface area contributed by atoms with E-state index in [2.05, 4.69) is 47.9 Å². The van der Waals surface area contributed by atoms with Crippen molar-refractivity contribution in [2.75, 3.05) is 33.5 Å². The van der Waals surface area contributed by atoms with Crippen LogP contribution in [0.2, 0.25) is 0 Å². The van der Waals surface area contributed by atoms with Crippen LogP contribution < -0.4 is 14.2 Å². The van der Waals surface area contributed by atoms with Crippen molar-refractivity contribution < 1.29 is 19.0 Å². The van der Waals surface area contributed by atoms with E-state index in [1.807, 2.05) is 18.2 Å². The summed E-state index contributed by atoms with van der Waals surface area (Å²) in [7, 11) is 1.68. The van der Waals surface area contributed by atoms with E-state index in [0.717, 1.165) is 68.0 Å². The van der Waals surface area contributed by atoms with Crippen LogP contribution in [0.1, 0.15) is 69.0 Å². The number of carbonyl (C=O) groups is 1. The van der Waals surface area contributed by atoms with Crippen LogP contribution in [0.5, 0.6) is 17.2 Å². The maximum absolute atomic E-state index is 13.8. The molecule has 6 nitrogen and oxygen atoms in total. The maximum Gasteiger partial charge on any atom is 0.320 e. The molecule has 6 heteroatoms. The van der Waals surface area contributed by atoms with Crippen LogP contribution in [-0.2, 0) is 0 Å². The molecule has 1 saturated heterocycles. The molecule has 0 saturated carbocycles. The average molecular weight is 453 g/mol. The number of ether oxygens (including phenoxy) is 3. The van der Waals surface area contributed by atoms with Gasteiger partial charge >= 0.3 is 6.03 Å². The van der Waals surface area contributed by atoms with E-state index in [1.165, 1.54) is 5.56 Å². The molecule has 2 amide bonds. The number of amides is 2. The smallest absolute Gasteiger partial charge is 0.320 e. The summed E-state index contributed by atoms with van der Waals surface area (Å²) in [4.78, 5) is 18.0. The van der Waals surface area contributed by atoms with Crippen molar-refractivity contribution in [1.29, 1.82) is 0 Å². The van der Waals surface area contributed by atoms with Gasteiger partial charge in [0.25, 0.3) is 0 Å². The Bertz CT molecular complexity index is 922. The van der Waals surface area contributed by atoms with E-state index < -0.39 is 0 Å². The predicted molar refractivity (Wildman–Crippen MR) is 129 cm³/mol. The molecular formula is C27H36N2O4. The lowest BCUT2D eigenvalue weighted by molar-refractivity contribution is 0.146. The van der Waals surface area contributed by atoms with Gasteiger partial charge in [0, 0.05) is 25.6 Å². The minimum Gasteiger partial charge on any atom is -0.497 e. The Hall–Kier alpha value is -2.89. The molecule has 2 aromatic carbocycles. The summed E-state index contributed by atoms with van der Waals surface area (Å²) in [5, 5.41) is 0. The quantitative estimate of drug-likeness (QED) is 0.470. The van der Waals surface area contributed by atoms with Crippen LogP contribution in [0.4, 0.5) is 4.79 Å². The zero-order valence-corrected chi connectivity index (χ0v) is 20.1. The predicted octanol–water partition coefficient (Wildman–Crippen LogP) is 5.98. The zero-order valence-electron chi connectivity index (χ0n) is 20.1. The summed E-state index contributed by atoms with van der Waals surface area (Å²) in [6.45, 7) is 6.95. The van der Waals surface area contributed by atoms with Crippen LogP contribution >= 0.6 is 0 Å². The molecule has 0 N–H and O–H groups in total. The summed E-state index contributed by atoms with van der Waals surface area (Å²) in [6, 6.07) is 14.5. The van der Waals surface area contributed by atoms with E-state index in [9.17, 15) is 4.79 Å². The molecule has 0 aliphatic carbocycles. The first-order valence-corrected chi connectivity index (χ1v) is 12.2. The van der Waals surface area contributed by atoms with Gasteiger partial charge < -0.3 is 24.0 Å². The lowest BCUT2D eigenvalue weighted by atomic mass is 9.93. The summed E-state index contributed by atoms with van der Waals surface area (Å²) in [5.41, 5.74) is 2.35. The highest BCUT2D eigenvalue weighted by Gasteiger charge is 2.39. The molecule has 2 heterocycles. The van der Waals surface area contributed by atoms with Crippen LogP contribution in [-0.4, -0.2) is 49.4 Å². The Morgan fingerprint density at radius 3 is 2.33 bits per heavy atom. The van der Waals surface area contributed by atoms with E-state index in [4.69, 9.17) is 14.2 Å². The zero-order chi connectivity index (χ0) is 23.2. The number of rotatable bonds is 9. The maximum atomic E-state index is 13.8. The molecule has 1 fully saturated rings. The molecule has 178 valence electrons. The number of likely N-dealkylation sites (tertiary alicyclic amines) is 1. The van der Waals surface area contributed by atoms with Crippen molar-refractivity contribution in [2.45, 2.75) is 57.9 Å². The number of unbranched alkanes of at least 4 members (excludes halogenated alkanes) is 2. The summed E-state index contributed by atoms with van der Waals surface area (Å²) in [5.74, 6) is 2.66. The minimum atomic E-state index is 0.0320. The van der Waals surface area contributed by atoms with Gasteiger partial charge in [0.15, 0.2) is 11.5 Å². The topological polar surface area (TPSA) is 51.2 Å². The van der Waals surface area contributed by atoms with E-state index in [0.29, 0.717) is 6.54 Å². The van der Waals surface area contributed by atoms with Gasteiger partial charge in [-0.25, -0.2) is 4.79 Å². The Morgan fingerprint density at radius 1 is 1.00 bits per heavy atom. The summed E-state index contributed by atoms with van der Waals surface area (Å²) in [6.07, 6.45) is 5.10. The van der Waals surface area contributed by atoms with Crippen LogP contribution in [0.25, 0.3) is 0 Å². The highest BCUT2D eigenvalue weighted by atomic mass is 16.7. The van der Waals surface area contributed by atoms with Gasteiger partial charge in [0.05, 0.1) is 13.2 Å². The van der Waals surface area contributed by atoms with Crippen LogP contribution in [0, 0.1) is 0 Å². The van der Waals surface area contributed by atoms with Gasteiger partial charge in [-0.15, -0.1) is 0 Å². The summed E-state index contributed by atoms with van der Waals surface area (Å²) < 4.78 is 16.5. The fourth-order valence-electron chi connectivity index (χ4n) is 4.78. The second kappa shape index (κ2) is 10.8. The van der Waals surface area contributed by atoms with Crippen molar-refractivity contribution >= 4 is 6.03 Å². The van der Waals surface area contributed by atoms with Gasteiger partial charge in [0.2, 0.25) is 6.79 Å². The largest absolute Gasteiger partial charge is 0.497 e. The van der Waals surface area contributed by atoms with Crippen molar-refractivity contribution in [3.05, 3.63) is 53.6 Å². The first kappa shape index (κ1) is 23.3. The fraction of sp³-hybridized carbons (Fsp3) is 0.519. The van der Waals surface area contributed by atoms with Crippen molar-refractivity contribution in [3.63, 3.8) is 0 Å². The van der Waals surface area contributed by atoms with Crippen molar-refractivity contribution in [3.8, 4) is 17.2 Å². The number of carbonyl (C=O) groups excluding carboxylic acids is 1. The first-order valence-electron chi connectivity index (χ1n) is 12.2. The number of methoxy groups -OCH3 is 1.